The number of ether oxygens (including phenoxy) is 2. The summed E-state index contributed by atoms with van der Waals surface area (Å²) in [6.07, 6.45) is -2.86. The number of pyridine rings is 1. The maximum Gasteiger partial charge on any atom is 0.397 e. The molecule has 1 aromatic rings. The third-order valence-corrected chi connectivity index (χ3v) is 4.95. The van der Waals surface area contributed by atoms with Crippen LogP contribution in [-0.4, -0.2) is 43.4 Å². The fraction of sp³-hybridized carbons (Fsp3) is 0.647. The van der Waals surface area contributed by atoms with Crippen LogP contribution in [0.2, 0.25) is 0 Å². The average Bonchev–Trinajstić information content (AvgIpc) is 3.23. The highest BCUT2D eigenvalue weighted by molar-refractivity contribution is 5.82. The summed E-state index contributed by atoms with van der Waals surface area (Å²) in [5, 5.41) is 5.72. The Labute approximate surface area is 153 Å². The van der Waals surface area contributed by atoms with Gasteiger partial charge in [0.15, 0.2) is 5.82 Å². The van der Waals surface area contributed by atoms with E-state index in [1.54, 1.807) is 0 Å². The van der Waals surface area contributed by atoms with Gasteiger partial charge in [-0.2, -0.15) is 18.2 Å². The predicted molar refractivity (Wildman–Crippen MR) is 86.8 cm³/mol. The number of halogens is 4. The van der Waals surface area contributed by atoms with Crippen molar-refractivity contribution in [3.63, 3.8) is 0 Å². The monoisotopic (exact) mass is 391 g/mol. The summed E-state index contributed by atoms with van der Waals surface area (Å²) in [6, 6.07) is 0.768. The maximum absolute atomic E-state index is 14.2. The second-order valence-electron chi connectivity index (χ2n) is 6.88. The Kier molecular flexibility index (Phi) is 5.45. The topological polar surface area (TPSA) is 72.5 Å². The summed E-state index contributed by atoms with van der Waals surface area (Å²) in [6.45, 7) is 0.0624. The van der Waals surface area contributed by atoms with Crippen LogP contribution < -0.4 is 20.1 Å². The van der Waals surface area contributed by atoms with Crippen molar-refractivity contribution in [2.45, 2.75) is 44.4 Å². The van der Waals surface area contributed by atoms with E-state index in [4.69, 9.17) is 9.47 Å². The quantitative estimate of drug-likeness (QED) is 0.698. The summed E-state index contributed by atoms with van der Waals surface area (Å²) >= 11 is 0. The average molecular weight is 391 g/mol. The lowest BCUT2D eigenvalue weighted by Gasteiger charge is -2.20. The Morgan fingerprint density at radius 1 is 1.41 bits per heavy atom. The number of hydrogen-bond donors (Lipinski definition) is 2. The molecular formula is C17H21F4N3O3. The first-order valence-electron chi connectivity index (χ1n) is 8.70. The minimum absolute atomic E-state index is 0.0112. The van der Waals surface area contributed by atoms with Gasteiger partial charge in [-0.05, 0) is 38.3 Å². The van der Waals surface area contributed by atoms with E-state index in [2.05, 4.69) is 15.6 Å². The van der Waals surface area contributed by atoms with Gasteiger partial charge in [0.25, 0.3) is 5.88 Å². The molecule has 1 amide bonds. The zero-order valence-corrected chi connectivity index (χ0v) is 14.8. The summed E-state index contributed by atoms with van der Waals surface area (Å²) < 4.78 is 63.2. The highest BCUT2D eigenvalue weighted by atomic mass is 19.4. The first kappa shape index (κ1) is 19.7. The standard InChI is InChI=1S/C17H21F4N3O3/c1-26-14-10(8-23-13(25)12-3-2-6-22-12)7-11(18)15(24-14)27-9-16(4-5-16)17(19,20)21/h7,12,22H,2-6,8-9H2,1H3,(H,23,25)/t12-/m0/s1. The first-order valence-corrected chi connectivity index (χ1v) is 8.70. The molecule has 0 bridgehead atoms. The number of methoxy groups -OCH3 is 1. The lowest BCUT2D eigenvalue weighted by atomic mass is 10.1. The van der Waals surface area contributed by atoms with Gasteiger partial charge in [0, 0.05) is 12.1 Å². The lowest BCUT2D eigenvalue weighted by Crippen LogP contribution is -2.40. The van der Waals surface area contributed by atoms with Gasteiger partial charge in [-0.3, -0.25) is 4.79 Å². The Hall–Kier alpha value is -2.10. The van der Waals surface area contributed by atoms with E-state index in [0.29, 0.717) is 0 Å². The zero-order valence-electron chi connectivity index (χ0n) is 14.8. The number of nitrogens with one attached hydrogen (secondary N) is 2. The molecule has 2 N–H and O–H groups in total. The molecule has 2 heterocycles. The third kappa shape index (κ3) is 4.26. The van der Waals surface area contributed by atoms with Crippen LogP contribution in [0.4, 0.5) is 17.6 Å². The number of amides is 1. The predicted octanol–water partition coefficient (Wildman–Crippen LogP) is 2.32. The molecular weight excluding hydrogens is 370 g/mol. The second kappa shape index (κ2) is 7.49. The van der Waals surface area contributed by atoms with Gasteiger partial charge >= 0.3 is 6.18 Å². The van der Waals surface area contributed by atoms with Crippen LogP contribution in [0, 0.1) is 11.2 Å². The van der Waals surface area contributed by atoms with E-state index in [1.165, 1.54) is 7.11 Å². The van der Waals surface area contributed by atoms with Crippen LogP contribution in [0.5, 0.6) is 11.8 Å². The second-order valence-corrected chi connectivity index (χ2v) is 6.88. The largest absolute Gasteiger partial charge is 0.481 e. The number of nitrogens with zero attached hydrogens (tertiary/aromatic N) is 1. The van der Waals surface area contributed by atoms with E-state index in [-0.39, 0.29) is 42.8 Å². The molecule has 6 nitrogen and oxygen atoms in total. The molecule has 1 aliphatic carbocycles. The van der Waals surface area contributed by atoms with Crippen molar-refractivity contribution in [2.24, 2.45) is 5.41 Å². The molecule has 0 radical (unpaired) electrons. The molecule has 1 saturated carbocycles. The molecule has 0 aromatic carbocycles. The van der Waals surface area contributed by atoms with Gasteiger partial charge < -0.3 is 20.1 Å². The van der Waals surface area contributed by atoms with Crippen LogP contribution in [0.25, 0.3) is 0 Å². The van der Waals surface area contributed by atoms with E-state index in [1.807, 2.05) is 0 Å². The van der Waals surface area contributed by atoms with E-state index in [0.717, 1.165) is 25.5 Å². The Morgan fingerprint density at radius 2 is 2.15 bits per heavy atom. The smallest absolute Gasteiger partial charge is 0.397 e. The molecule has 2 aliphatic rings. The van der Waals surface area contributed by atoms with Gasteiger partial charge in [-0.1, -0.05) is 0 Å². The number of alkyl halides is 3. The van der Waals surface area contributed by atoms with Crippen molar-refractivity contribution in [3.8, 4) is 11.8 Å². The summed E-state index contributed by atoms with van der Waals surface area (Å²) in [7, 11) is 1.30. The molecule has 2 fully saturated rings. The van der Waals surface area contributed by atoms with E-state index in [9.17, 15) is 22.4 Å². The highest BCUT2D eigenvalue weighted by Crippen LogP contribution is 2.57. The van der Waals surface area contributed by atoms with Crippen molar-refractivity contribution in [2.75, 3.05) is 20.3 Å². The summed E-state index contributed by atoms with van der Waals surface area (Å²) in [5.41, 5.74) is -1.65. The van der Waals surface area contributed by atoms with Gasteiger partial charge in [0.05, 0.1) is 13.2 Å². The van der Waals surface area contributed by atoms with Crippen molar-refractivity contribution < 1.29 is 31.8 Å². The lowest BCUT2D eigenvalue weighted by molar-refractivity contribution is -0.194. The fourth-order valence-corrected chi connectivity index (χ4v) is 2.98. The molecule has 10 heteroatoms. The van der Waals surface area contributed by atoms with Crippen LogP contribution in [0.3, 0.4) is 0 Å². The normalized spacial score (nSPS) is 21.0. The molecule has 1 aromatic heterocycles. The molecule has 150 valence electrons. The zero-order chi connectivity index (χ0) is 19.7. The molecule has 27 heavy (non-hydrogen) atoms. The third-order valence-electron chi connectivity index (χ3n) is 4.95. The number of carbonyl (C=O) groups is 1. The summed E-state index contributed by atoms with van der Waals surface area (Å²) in [4.78, 5) is 15.8. The number of aromatic nitrogens is 1. The van der Waals surface area contributed by atoms with Gasteiger partial charge in [0.2, 0.25) is 11.8 Å². The highest BCUT2D eigenvalue weighted by Gasteiger charge is 2.64. The molecule has 1 aliphatic heterocycles. The molecule has 1 atom stereocenters. The van der Waals surface area contributed by atoms with Crippen molar-refractivity contribution in [1.29, 1.82) is 0 Å². The minimum atomic E-state index is -4.40. The van der Waals surface area contributed by atoms with Crippen molar-refractivity contribution in [1.82, 2.24) is 15.6 Å². The van der Waals surface area contributed by atoms with Crippen LogP contribution in [0.15, 0.2) is 6.07 Å². The molecule has 1 saturated heterocycles. The SMILES string of the molecule is COc1nc(OCC2(C(F)(F)F)CC2)c(F)cc1CNC(=O)[C@@H]1CCCN1. The first-order chi connectivity index (χ1) is 12.8. The van der Waals surface area contributed by atoms with E-state index >= 15 is 0 Å². The minimum Gasteiger partial charge on any atom is -0.481 e. The summed E-state index contributed by atoms with van der Waals surface area (Å²) in [5.74, 6) is -1.67. The van der Waals surface area contributed by atoms with Gasteiger partial charge in [0.1, 0.15) is 12.0 Å². The van der Waals surface area contributed by atoms with Gasteiger partial charge in [-0.15, -0.1) is 0 Å². The Balaban J connectivity index is 1.65. The fourth-order valence-electron chi connectivity index (χ4n) is 2.98. The molecule has 3 rings (SSSR count). The van der Waals surface area contributed by atoms with Crippen LogP contribution >= 0.6 is 0 Å². The van der Waals surface area contributed by atoms with Crippen molar-refractivity contribution in [3.05, 3.63) is 17.4 Å². The van der Waals surface area contributed by atoms with E-state index < -0.39 is 29.9 Å². The number of rotatable bonds is 7. The maximum atomic E-state index is 14.2. The number of hydrogen-bond acceptors (Lipinski definition) is 5. The molecule has 0 spiro atoms. The number of carbonyl (C=O) groups excluding carboxylic acids is 1. The molecule has 0 unspecified atom stereocenters. The Bertz CT molecular complexity index is 701. The Morgan fingerprint density at radius 3 is 2.70 bits per heavy atom. The van der Waals surface area contributed by atoms with Crippen LogP contribution in [-0.2, 0) is 11.3 Å². The van der Waals surface area contributed by atoms with Crippen LogP contribution in [0.1, 0.15) is 31.2 Å². The van der Waals surface area contributed by atoms with Gasteiger partial charge in [-0.25, -0.2) is 4.39 Å². The van der Waals surface area contributed by atoms with Crippen molar-refractivity contribution >= 4 is 5.91 Å².